The number of esters is 1. The third kappa shape index (κ3) is 4.13. The number of hydrogen-bond donors (Lipinski definition) is 0. The molecule has 29 heavy (non-hydrogen) atoms. The molecule has 0 aliphatic rings. The molecule has 0 atom stereocenters. The molecule has 7 nitrogen and oxygen atoms in total. The summed E-state index contributed by atoms with van der Waals surface area (Å²) in [7, 11) is 1.63. The van der Waals surface area contributed by atoms with E-state index in [9.17, 15) is 14.4 Å². The maximum atomic E-state index is 12.4. The molecule has 0 unspecified atom stereocenters. The van der Waals surface area contributed by atoms with Gasteiger partial charge in [-0.25, -0.2) is 4.98 Å². The van der Waals surface area contributed by atoms with E-state index in [4.69, 9.17) is 4.74 Å². The molecule has 0 fully saturated rings. The molecule has 3 rings (SSSR count). The van der Waals surface area contributed by atoms with Crippen LogP contribution in [0.2, 0.25) is 0 Å². The Hall–Kier alpha value is -3.22. The van der Waals surface area contributed by atoms with Crippen LogP contribution in [0.3, 0.4) is 0 Å². The molecule has 0 saturated carbocycles. The van der Waals surface area contributed by atoms with E-state index in [0.717, 1.165) is 17.9 Å². The van der Waals surface area contributed by atoms with Gasteiger partial charge in [0.1, 0.15) is 5.82 Å². The number of fused-ring (bicyclic) bond motifs is 1. The van der Waals surface area contributed by atoms with Gasteiger partial charge in [-0.1, -0.05) is 12.1 Å². The topological polar surface area (TPSA) is 83.2 Å². The van der Waals surface area contributed by atoms with Crippen LogP contribution in [0.5, 0.6) is 0 Å². The molecule has 152 valence electrons. The van der Waals surface area contributed by atoms with E-state index in [2.05, 4.69) is 4.98 Å². The lowest BCUT2D eigenvalue weighted by molar-refractivity contribution is -0.142. The van der Waals surface area contributed by atoms with Gasteiger partial charge < -0.3 is 9.30 Å². The highest BCUT2D eigenvalue weighted by Crippen LogP contribution is 2.16. The molecule has 3 aromatic rings. The first-order valence-corrected chi connectivity index (χ1v) is 9.63. The van der Waals surface area contributed by atoms with Gasteiger partial charge in [0.25, 0.3) is 5.56 Å². The van der Waals surface area contributed by atoms with Gasteiger partial charge in [0.15, 0.2) is 6.61 Å². The zero-order chi connectivity index (χ0) is 21.1. The largest absolute Gasteiger partial charge is 0.457 e. The smallest absolute Gasteiger partial charge is 0.306 e. The van der Waals surface area contributed by atoms with E-state index < -0.39 is 5.97 Å². The minimum Gasteiger partial charge on any atom is -0.457 e. The van der Waals surface area contributed by atoms with Crippen molar-refractivity contribution in [1.82, 2.24) is 14.1 Å². The van der Waals surface area contributed by atoms with Crippen molar-refractivity contribution in [2.45, 2.75) is 40.2 Å². The first-order chi connectivity index (χ1) is 13.8. The lowest BCUT2D eigenvalue weighted by Gasteiger charge is -2.09. The van der Waals surface area contributed by atoms with Crippen molar-refractivity contribution in [3.05, 3.63) is 63.5 Å². The van der Waals surface area contributed by atoms with Gasteiger partial charge in [0, 0.05) is 37.0 Å². The van der Waals surface area contributed by atoms with Crippen LogP contribution in [0.25, 0.3) is 10.9 Å². The van der Waals surface area contributed by atoms with Gasteiger partial charge >= 0.3 is 5.97 Å². The SMILES string of the molecule is CCn1c(C)cc(C(=O)COC(=O)CCc2nc3ccccc3c(=O)n2C)c1C. The van der Waals surface area contributed by atoms with E-state index in [0.29, 0.717) is 22.3 Å². The Labute approximate surface area is 168 Å². The summed E-state index contributed by atoms with van der Waals surface area (Å²) in [5, 5.41) is 0.539. The van der Waals surface area contributed by atoms with Crippen molar-refractivity contribution in [1.29, 1.82) is 0 Å². The molecule has 0 amide bonds. The van der Waals surface area contributed by atoms with Crippen LogP contribution >= 0.6 is 0 Å². The fourth-order valence-corrected chi connectivity index (χ4v) is 3.57. The fraction of sp³-hybridized carbons (Fsp3) is 0.364. The minimum absolute atomic E-state index is 0.0415. The van der Waals surface area contributed by atoms with Gasteiger partial charge in [-0.15, -0.1) is 0 Å². The third-order valence-corrected chi connectivity index (χ3v) is 5.18. The molecule has 1 aromatic carbocycles. The van der Waals surface area contributed by atoms with Crippen LogP contribution in [0.15, 0.2) is 35.1 Å². The number of para-hydroxylation sites is 1. The summed E-state index contributed by atoms with van der Waals surface area (Å²) in [5.74, 6) is -0.212. The number of aryl methyl sites for hydroxylation is 2. The maximum absolute atomic E-state index is 12.4. The van der Waals surface area contributed by atoms with Gasteiger partial charge in [-0.05, 0) is 39.0 Å². The lowest BCUT2D eigenvalue weighted by atomic mass is 10.1. The number of ketones is 1. The average molecular weight is 395 g/mol. The third-order valence-electron chi connectivity index (χ3n) is 5.18. The zero-order valence-corrected chi connectivity index (χ0v) is 17.2. The zero-order valence-electron chi connectivity index (χ0n) is 17.2. The van der Waals surface area contributed by atoms with E-state index in [1.54, 1.807) is 25.2 Å². The Morgan fingerprint density at radius 3 is 2.59 bits per heavy atom. The monoisotopic (exact) mass is 395 g/mol. The second-order valence-electron chi connectivity index (χ2n) is 7.02. The number of benzene rings is 1. The fourth-order valence-electron chi connectivity index (χ4n) is 3.57. The summed E-state index contributed by atoms with van der Waals surface area (Å²) in [5.41, 5.74) is 2.90. The first kappa shape index (κ1) is 20.5. The van der Waals surface area contributed by atoms with E-state index in [1.807, 2.05) is 37.5 Å². The lowest BCUT2D eigenvalue weighted by Crippen LogP contribution is -2.23. The molecular formula is C22H25N3O4. The molecule has 2 aromatic heterocycles. The number of Topliss-reactive ketones (excluding diaryl/α,β-unsaturated/α-hetero) is 1. The predicted octanol–water partition coefficient (Wildman–Crippen LogP) is 2.73. The number of carbonyl (C=O) groups excluding carboxylic acids is 2. The van der Waals surface area contributed by atoms with Crippen molar-refractivity contribution in [2.75, 3.05) is 6.61 Å². The Morgan fingerprint density at radius 2 is 1.90 bits per heavy atom. The number of ether oxygens (including phenoxy) is 1. The predicted molar refractivity (Wildman–Crippen MR) is 110 cm³/mol. The molecule has 0 N–H and O–H groups in total. The van der Waals surface area contributed by atoms with E-state index in [1.165, 1.54) is 4.57 Å². The number of aromatic nitrogens is 3. The molecule has 0 aliphatic heterocycles. The van der Waals surface area contributed by atoms with Crippen molar-refractivity contribution in [3.8, 4) is 0 Å². The van der Waals surface area contributed by atoms with Crippen LogP contribution in [0, 0.1) is 13.8 Å². The number of carbonyl (C=O) groups is 2. The van der Waals surface area contributed by atoms with Crippen LogP contribution in [-0.2, 0) is 29.5 Å². The highest BCUT2D eigenvalue weighted by molar-refractivity contribution is 5.99. The molecule has 0 saturated heterocycles. The van der Waals surface area contributed by atoms with Crippen molar-refractivity contribution < 1.29 is 14.3 Å². The van der Waals surface area contributed by atoms with Gasteiger partial charge in [-0.2, -0.15) is 0 Å². The second-order valence-corrected chi connectivity index (χ2v) is 7.02. The highest BCUT2D eigenvalue weighted by atomic mass is 16.5. The summed E-state index contributed by atoms with van der Waals surface area (Å²) in [6, 6.07) is 8.92. The van der Waals surface area contributed by atoms with E-state index in [-0.39, 0.29) is 30.8 Å². The summed E-state index contributed by atoms with van der Waals surface area (Å²) >= 11 is 0. The van der Waals surface area contributed by atoms with Gasteiger partial charge in [-0.3, -0.25) is 19.0 Å². The average Bonchev–Trinajstić information content (AvgIpc) is 3.01. The first-order valence-electron chi connectivity index (χ1n) is 9.63. The Morgan fingerprint density at radius 1 is 1.17 bits per heavy atom. The Kier molecular flexibility index (Phi) is 5.96. The van der Waals surface area contributed by atoms with Crippen molar-refractivity contribution in [3.63, 3.8) is 0 Å². The van der Waals surface area contributed by atoms with Crippen LogP contribution in [-0.4, -0.2) is 32.5 Å². The van der Waals surface area contributed by atoms with Gasteiger partial charge in [0.2, 0.25) is 5.78 Å². The molecule has 0 bridgehead atoms. The summed E-state index contributed by atoms with van der Waals surface area (Å²) in [6.07, 6.45) is 0.299. The second kappa shape index (κ2) is 8.43. The number of rotatable bonds is 7. The minimum atomic E-state index is -0.495. The van der Waals surface area contributed by atoms with Crippen LogP contribution < -0.4 is 5.56 Å². The summed E-state index contributed by atoms with van der Waals surface area (Å²) in [4.78, 5) is 41.4. The highest BCUT2D eigenvalue weighted by Gasteiger charge is 2.17. The van der Waals surface area contributed by atoms with Crippen molar-refractivity contribution in [2.24, 2.45) is 7.05 Å². The molecule has 0 spiro atoms. The Balaban J connectivity index is 1.62. The van der Waals surface area contributed by atoms with Crippen LogP contribution in [0.1, 0.15) is 40.9 Å². The standard InChI is InChI=1S/C22H25N3O4/c1-5-25-14(2)12-17(15(25)3)19(26)13-29-21(27)11-10-20-23-18-9-7-6-8-16(18)22(28)24(20)4/h6-9,12H,5,10-11,13H2,1-4H3. The normalized spacial score (nSPS) is 11.0. The molecule has 0 aliphatic carbocycles. The maximum Gasteiger partial charge on any atom is 0.306 e. The molecular weight excluding hydrogens is 370 g/mol. The molecule has 0 radical (unpaired) electrons. The molecule has 2 heterocycles. The quantitative estimate of drug-likeness (QED) is 0.454. The van der Waals surface area contributed by atoms with Crippen LogP contribution in [0.4, 0.5) is 0 Å². The van der Waals surface area contributed by atoms with E-state index >= 15 is 0 Å². The summed E-state index contributed by atoms with van der Waals surface area (Å²) in [6.45, 7) is 6.33. The Bertz CT molecular complexity index is 1140. The number of hydrogen-bond acceptors (Lipinski definition) is 5. The molecule has 7 heteroatoms. The van der Waals surface area contributed by atoms with Gasteiger partial charge in [0.05, 0.1) is 17.3 Å². The van der Waals surface area contributed by atoms with Crippen molar-refractivity contribution >= 4 is 22.7 Å². The summed E-state index contributed by atoms with van der Waals surface area (Å²) < 4.78 is 8.65. The number of nitrogens with zero attached hydrogens (tertiary/aromatic N) is 3.